The van der Waals surface area contributed by atoms with Gasteiger partial charge in [0.2, 0.25) is 0 Å². The first kappa shape index (κ1) is 18.0. The lowest BCUT2D eigenvalue weighted by atomic mass is 10.2. The van der Waals surface area contributed by atoms with Gasteiger partial charge in [0.15, 0.2) is 16.7 Å². The van der Waals surface area contributed by atoms with Crippen LogP contribution in [0.3, 0.4) is 0 Å². The molecule has 0 unspecified atom stereocenters. The smallest absolute Gasteiger partial charge is 0.262 e. The molecule has 1 saturated carbocycles. The highest BCUT2D eigenvalue weighted by atomic mass is 32.2. The fourth-order valence-electron chi connectivity index (χ4n) is 3.66. The molecule has 1 aliphatic carbocycles. The molecule has 27 heavy (non-hydrogen) atoms. The molecule has 0 spiro atoms. The van der Waals surface area contributed by atoms with Crippen LogP contribution in [-0.2, 0) is 5.75 Å². The first-order valence-corrected chi connectivity index (χ1v) is 10.1. The van der Waals surface area contributed by atoms with Crippen molar-refractivity contribution in [3.8, 4) is 5.75 Å². The summed E-state index contributed by atoms with van der Waals surface area (Å²) in [6.07, 6.45) is 4.28. The van der Waals surface area contributed by atoms with Crippen LogP contribution < -0.4 is 10.3 Å². The summed E-state index contributed by atoms with van der Waals surface area (Å²) in [5.41, 5.74) is 1.56. The monoisotopic (exact) mass is 384 g/mol. The van der Waals surface area contributed by atoms with Crippen LogP contribution in [0.25, 0.3) is 10.9 Å². The van der Waals surface area contributed by atoms with E-state index >= 15 is 0 Å². The molecule has 4 rings (SSSR count). The fourth-order valence-corrected chi connectivity index (χ4v) is 4.67. The lowest BCUT2D eigenvalue weighted by Gasteiger charge is -2.18. The number of thioether (sulfide) groups is 1. The molecule has 2 aromatic carbocycles. The summed E-state index contributed by atoms with van der Waals surface area (Å²) in [6, 6.07) is 12.6. The largest absolute Gasteiger partial charge is 0.494 e. The van der Waals surface area contributed by atoms with Gasteiger partial charge in [-0.15, -0.1) is 0 Å². The van der Waals surface area contributed by atoms with E-state index in [1.807, 2.05) is 34.9 Å². The van der Waals surface area contributed by atoms with E-state index in [0.29, 0.717) is 21.8 Å². The fraction of sp³-hybridized carbons (Fsp3) is 0.333. The molecule has 1 heterocycles. The number of methoxy groups -OCH3 is 1. The predicted octanol–water partition coefficient (Wildman–Crippen LogP) is 4.95. The van der Waals surface area contributed by atoms with Crippen LogP contribution in [-0.4, -0.2) is 16.7 Å². The molecular formula is C21H21FN2O2S. The minimum Gasteiger partial charge on any atom is -0.494 e. The zero-order valence-electron chi connectivity index (χ0n) is 15.2. The predicted molar refractivity (Wildman–Crippen MR) is 106 cm³/mol. The highest BCUT2D eigenvalue weighted by Gasteiger charge is 2.23. The van der Waals surface area contributed by atoms with E-state index < -0.39 is 0 Å². The molecule has 0 aliphatic heterocycles. The van der Waals surface area contributed by atoms with Crippen LogP contribution in [0.4, 0.5) is 4.39 Å². The molecule has 0 bridgehead atoms. The molecule has 140 valence electrons. The van der Waals surface area contributed by atoms with Crippen molar-refractivity contribution in [2.75, 3.05) is 7.11 Å². The van der Waals surface area contributed by atoms with Crippen molar-refractivity contribution >= 4 is 22.7 Å². The first-order chi connectivity index (χ1) is 13.2. The Hall–Kier alpha value is -2.34. The van der Waals surface area contributed by atoms with E-state index in [2.05, 4.69) is 0 Å². The van der Waals surface area contributed by atoms with Crippen molar-refractivity contribution in [3.63, 3.8) is 0 Å². The second kappa shape index (κ2) is 7.72. The molecule has 0 N–H and O–H groups in total. The lowest BCUT2D eigenvalue weighted by Crippen LogP contribution is -2.26. The number of para-hydroxylation sites is 1. The Bertz CT molecular complexity index is 1030. The van der Waals surface area contributed by atoms with Gasteiger partial charge in [-0.25, -0.2) is 9.37 Å². The van der Waals surface area contributed by atoms with E-state index in [9.17, 15) is 9.18 Å². The number of aromatic nitrogens is 2. The number of rotatable bonds is 5. The second-order valence-electron chi connectivity index (χ2n) is 6.78. The van der Waals surface area contributed by atoms with Crippen LogP contribution in [0.1, 0.15) is 37.3 Å². The number of fused-ring (bicyclic) bond motifs is 1. The topological polar surface area (TPSA) is 44.1 Å². The van der Waals surface area contributed by atoms with Gasteiger partial charge in [-0.05, 0) is 42.7 Å². The maximum Gasteiger partial charge on any atom is 0.262 e. The minimum atomic E-state index is -0.379. The summed E-state index contributed by atoms with van der Waals surface area (Å²) in [6.45, 7) is 0. The number of halogens is 1. The molecule has 0 amide bonds. The van der Waals surface area contributed by atoms with Gasteiger partial charge < -0.3 is 4.74 Å². The summed E-state index contributed by atoms with van der Waals surface area (Å²) in [5, 5.41) is 1.37. The van der Waals surface area contributed by atoms with E-state index in [0.717, 1.165) is 31.2 Å². The summed E-state index contributed by atoms with van der Waals surface area (Å²) < 4.78 is 20.8. The third kappa shape index (κ3) is 3.58. The van der Waals surface area contributed by atoms with E-state index in [4.69, 9.17) is 9.72 Å². The highest BCUT2D eigenvalue weighted by Crippen LogP contribution is 2.33. The second-order valence-corrected chi connectivity index (χ2v) is 7.73. The number of nitrogens with zero attached hydrogens (tertiary/aromatic N) is 2. The third-order valence-electron chi connectivity index (χ3n) is 5.05. The maximum atomic E-state index is 14.0. The molecule has 0 radical (unpaired) electrons. The van der Waals surface area contributed by atoms with Gasteiger partial charge in [0, 0.05) is 11.8 Å². The van der Waals surface area contributed by atoms with Crippen molar-refractivity contribution < 1.29 is 9.13 Å². The Kier molecular flexibility index (Phi) is 5.16. The van der Waals surface area contributed by atoms with Crippen molar-refractivity contribution in [2.45, 2.75) is 42.6 Å². The lowest BCUT2D eigenvalue weighted by molar-refractivity contribution is 0.386. The third-order valence-corrected chi connectivity index (χ3v) is 6.07. The average Bonchev–Trinajstić information content (AvgIpc) is 3.21. The highest BCUT2D eigenvalue weighted by molar-refractivity contribution is 7.98. The van der Waals surface area contributed by atoms with Gasteiger partial charge in [-0.2, -0.15) is 0 Å². The minimum absolute atomic E-state index is 0.0240. The molecule has 3 aromatic rings. The number of benzene rings is 2. The summed E-state index contributed by atoms with van der Waals surface area (Å²) in [4.78, 5) is 17.9. The van der Waals surface area contributed by atoms with Gasteiger partial charge in [0.25, 0.3) is 5.56 Å². The first-order valence-electron chi connectivity index (χ1n) is 9.14. The SMILES string of the molecule is COc1ccc(CSc2nc3ccccc3c(=O)n2C2CCCC2)cc1F. The summed E-state index contributed by atoms with van der Waals surface area (Å²) in [5.74, 6) is 0.393. The maximum absolute atomic E-state index is 14.0. The van der Waals surface area contributed by atoms with Gasteiger partial charge in [0.1, 0.15) is 0 Å². The Balaban J connectivity index is 1.70. The van der Waals surface area contributed by atoms with Crippen LogP contribution in [0, 0.1) is 5.82 Å². The molecule has 1 aromatic heterocycles. The molecular weight excluding hydrogens is 363 g/mol. The average molecular weight is 384 g/mol. The van der Waals surface area contributed by atoms with Crippen molar-refractivity contribution in [2.24, 2.45) is 0 Å². The van der Waals surface area contributed by atoms with E-state index in [1.54, 1.807) is 6.07 Å². The van der Waals surface area contributed by atoms with Gasteiger partial charge in [-0.3, -0.25) is 9.36 Å². The van der Waals surface area contributed by atoms with Gasteiger partial charge in [0.05, 0.1) is 18.0 Å². The van der Waals surface area contributed by atoms with Gasteiger partial charge >= 0.3 is 0 Å². The Labute approximate surface area is 161 Å². The van der Waals surface area contributed by atoms with Crippen molar-refractivity contribution in [1.82, 2.24) is 9.55 Å². The van der Waals surface area contributed by atoms with Crippen molar-refractivity contribution in [3.05, 3.63) is 64.2 Å². The van der Waals surface area contributed by atoms with E-state index in [-0.39, 0.29) is 23.2 Å². The zero-order valence-corrected chi connectivity index (χ0v) is 16.0. The number of ether oxygens (including phenoxy) is 1. The Morgan fingerprint density at radius 2 is 2.00 bits per heavy atom. The standard InChI is InChI=1S/C21H21FN2O2S/c1-26-19-11-10-14(12-17(19)22)13-27-21-23-18-9-5-4-8-16(18)20(25)24(21)15-6-2-3-7-15/h4-5,8-12,15H,2-3,6-7,13H2,1H3. The van der Waals surface area contributed by atoms with Gasteiger partial charge in [-0.1, -0.05) is 42.8 Å². The Morgan fingerprint density at radius 1 is 1.22 bits per heavy atom. The molecule has 1 fully saturated rings. The summed E-state index contributed by atoms with van der Waals surface area (Å²) >= 11 is 1.48. The number of hydrogen-bond acceptors (Lipinski definition) is 4. The molecule has 0 saturated heterocycles. The molecule has 0 atom stereocenters. The van der Waals surface area contributed by atoms with Crippen molar-refractivity contribution in [1.29, 1.82) is 0 Å². The number of hydrogen-bond donors (Lipinski definition) is 0. The van der Waals surface area contributed by atoms with E-state index in [1.165, 1.54) is 24.9 Å². The normalized spacial score (nSPS) is 14.7. The van der Waals surface area contributed by atoms with Crippen LogP contribution in [0.15, 0.2) is 52.4 Å². The zero-order chi connectivity index (χ0) is 18.8. The van der Waals surface area contributed by atoms with Crippen LogP contribution in [0.2, 0.25) is 0 Å². The quantitative estimate of drug-likeness (QED) is 0.461. The summed E-state index contributed by atoms with van der Waals surface area (Å²) in [7, 11) is 1.45. The molecule has 1 aliphatic rings. The molecule has 4 nitrogen and oxygen atoms in total. The van der Waals surface area contributed by atoms with Crippen LogP contribution in [0.5, 0.6) is 5.75 Å². The van der Waals surface area contributed by atoms with Crippen LogP contribution >= 0.6 is 11.8 Å². The molecule has 6 heteroatoms. The Morgan fingerprint density at radius 3 is 2.74 bits per heavy atom.